The maximum atomic E-state index is 12.4. The van der Waals surface area contributed by atoms with Crippen LogP contribution in [0.1, 0.15) is 10.4 Å². The van der Waals surface area contributed by atoms with Crippen molar-refractivity contribution in [2.24, 2.45) is 0 Å². The van der Waals surface area contributed by atoms with Gasteiger partial charge in [0.2, 0.25) is 5.91 Å². The number of methoxy groups -OCH3 is 1. The zero-order chi connectivity index (χ0) is 16.1. The lowest BCUT2D eigenvalue weighted by Crippen LogP contribution is -2.38. The number of aliphatic carboxylic acids is 1. The zero-order valence-corrected chi connectivity index (χ0v) is 12.8. The summed E-state index contributed by atoms with van der Waals surface area (Å²) in [4.78, 5) is 36.8. The van der Waals surface area contributed by atoms with Gasteiger partial charge in [-0.25, -0.2) is 0 Å². The number of thioether (sulfide) groups is 1. The number of carbonyl (C=O) groups excluding carboxylic acids is 2. The normalized spacial score (nSPS) is 13.2. The Kier molecular flexibility index (Phi) is 5.40. The van der Waals surface area contributed by atoms with Gasteiger partial charge in [0.05, 0.1) is 18.0 Å². The quantitative estimate of drug-likeness (QED) is 0.807. The molecular formula is C14H16N2O5S. The van der Waals surface area contributed by atoms with Crippen molar-refractivity contribution in [3.05, 3.63) is 23.8 Å². The van der Waals surface area contributed by atoms with E-state index < -0.39 is 18.4 Å². The van der Waals surface area contributed by atoms with Crippen LogP contribution in [0.25, 0.3) is 0 Å². The molecule has 0 saturated carbocycles. The summed E-state index contributed by atoms with van der Waals surface area (Å²) < 4.78 is 4.90. The Bertz CT molecular complexity index is 605. The van der Waals surface area contributed by atoms with Crippen LogP contribution in [0.3, 0.4) is 0 Å². The van der Waals surface area contributed by atoms with Crippen LogP contribution >= 0.6 is 11.8 Å². The largest absolute Gasteiger partial charge is 0.480 e. The molecule has 0 atom stereocenters. The average Bonchev–Trinajstić information content (AvgIpc) is 2.49. The van der Waals surface area contributed by atoms with Crippen LogP contribution in [0.15, 0.2) is 23.1 Å². The number of amides is 2. The van der Waals surface area contributed by atoms with Gasteiger partial charge in [-0.15, -0.1) is 11.8 Å². The summed E-state index contributed by atoms with van der Waals surface area (Å²) in [6.07, 6.45) is 0. The first-order valence-electron chi connectivity index (χ1n) is 6.58. The molecule has 2 N–H and O–H groups in total. The van der Waals surface area contributed by atoms with Gasteiger partial charge in [-0.3, -0.25) is 14.4 Å². The van der Waals surface area contributed by atoms with E-state index in [4.69, 9.17) is 9.84 Å². The van der Waals surface area contributed by atoms with Crippen molar-refractivity contribution < 1.29 is 24.2 Å². The van der Waals surface area contributed by atoms with Crippen molar-refractivity contribution >= 4 is 35.2 Å². The van der Waals surface area contributed by atoms with E-state index in [-0.39, 0.29) is 19.1 Å². The smallest absolute Gasteiger partial charge is 0.323 e. The molecule has 118 valence electrons. The Morgan fingerprint density at radius 2 is 2.23 bits per heavy atom. The molecule has 1 heterocycles. The highest BCUT2D eigenvalue weighted by atomic mass is 32.2. The van der Waals surface area contributed by atoms with Crippen LogP contribution < -0.4 is 5.32 Å². The zero-order valence-electron chi connectivity index (χ0n) is 12.0. The summed E-state index contributed by atoms with van der Waals surface area (Å²) >= 11 is 1.40. The Hall–Kier alpha value is -2.06. The van der Waals surface area contributed by atoms with E-state index in [2.05, 4.69) is 5.32 Å². The first-order valence-corrected chi connectivity index (χ1v) is 7.56. The van der Waals surface area contributed by atoms with Gasteiger partial charge in [0.25, 0.3) is 5.91 Å². The third-order valence-corrected chi connectivity index (χ3v) is 4.11. The molecule has 22 heavy (non-hydrogen) atoms. The summed E-state index contributed by atoms with van der Waals surface area (Å²) in [5.74, 6) is -1.28. The maximum Gasteiger partial charge on any atom is 0.323 e. The van der Waals surface area contributed by atoms with E-state index in [0.717, 1.165) is 4.90 Å². The third-order valence-electron chi connectivity index (χ3n) is 3.04. The first kappa shape index (κ1) is 16.3. The molecule has 2 rings (SSSR count). The molecule has 1 aliphatic rings. The van der Waals surface area contributed by atoms with Crippen LogP contribution in [0.4, 0.5) is 5.69 Å². The molecule has 1 aromatic carbocycles. The predicted octanol–water partition coefficient (Wildman–Crippen LogP) is 0.904. The lowest BCUT2D eigenvalue weighted by atomic mass is 10.1. The van der Waals surface area contributed by atoms with Crippen molar-refractivity contribution in [2.75, 3.05) is 37.9 Å². The summed E-state index contributed by atoms with van der Waals surface area (Å²) in [6, 6.07) is 4.96. The minimum Gasteiger partial charge on any atom is -0.480 e. The van der Waals surface area contributed by atoms with Gasteiger partial charge in [0, 0.05) is 24.1 Å². The molecule has 1 aliphatic heterocycles. The van der Waals surface area contributed by atoms with Gasteiger partial charge in [0.1, 0.15) is 6.54 Å². The minimum atomic E-state index is -1.09. The molecule has 1 aromatic rings. The number of hydrogen-bond acceptors (Lipinski definition) is 5. The first-order chi connectivity index (χ1) is 10.5. The Morgan fingerprint density at radius 1 is 1.45 bits per heavy atom. The van der Waals surface area contributed by atoms with Gasteiger partial charge in [-0.1, -0.05) is 0 Å². The fourth-order valence-corrected chi connectivity index (χ4v) is 2.80. The summed E-state index contributed by atoms with van der Waals surface area (Å²) in [7, 11) is 1.48. The van der Waals surface area contributed by atoms with Gasteiger partial charge >= 0.3 is 5.97 Å². The monoisotopic (exact) mass is 324 g/mol. The number of ether oxygens (including phenoxy) is 1. The number of rotatable bonds is 6. The number of fused-ring (bicyclic) bond motifs is 1. The molecule has 0 spiro atoms. The maximum absolute atomic E-state index is 12.4. The van der Waals surface area contributed by atoms with Crippen LogP contribution in [-0.2, 0) is 14.3 Å². The van der Waals surface area contributed by atoms with Crippen molar-refractivity contribution in [2.45, 2.75) is 4.90 Å². The van der Waals surface area contributed by atoms with Crippen molar-refractivity contribution in [3.63, 3.8) is 0 Å². The molecular weight excluding hydrogens is 308 g/mol. The lowest BCUT2D eigenvalue weighted by Gasteiger charge is -2.22. The highest BCUT2D eigenvalue weighted by Gasteiger charge is 2.21. The SMILES string of the molecule is COCCN(CC(=O)O)C(=O)c1ccc2c(c1)NC(=O)CS2. The van der Waals surface area contributed by atoms with E-state index in [1.165, 1.54) is 23.8 Å². The van der Waals surface area contributed by atoms with E-state index >= 15 is 0 Å². The topological polar surface area (TPSA) is 95.9 Å². The number of hydrogen-bond donors (Lipinski definition) is 2. The highest BCUT2D eigenvalue weighted by molar-refractivity contribution is 8.00. The van der Waals surface area contributed by atoms with E-state index in [9.17, 15) is 14.4 Å². The Morgan fingerprint density at radius 3 is 2.91 bits per heavy atom. The van der Waals surface area contributed by atoms with E-state index in [1.807, 2.05) is 0 Å². The fraction of sp³-hybridized carbons (Fsp3) is 0.357. The highest BCUT2D eigenvalue weighted by Crippen LogP contribution is 2.32. The van der Waals surface area contributed by atoms with Crippen LogP contribution in [-0.4, -0.2) is 60.3 Å². The van der Waals surface area contributed by atoms with Gasteiger partial charge in [-0.05, 0) is 18.2 Å². The number of anilines is 1. The second kappa shape index (κ2) is 7.28. The molecule has 0 aliphatic carbocycles. The van der Waals surface area contributed by atoms with Crippen molar-refractivity contribution in [1.82, 2.24) is 4.90 Å². The molecule has 0 aromatic heterocycles. The third kappa shape index (κ3) is 3.99. The number of nitrogens with one attached hydrogen (secondary N) is 1. The molecule has 0 saturated heterocycles. The number of nitrogens with zero attached hydrogens (tertiary/aromatic N) is 1. The van der Waals surface area contributed by atoms with Gasteiger partial charge in [-0.2, -0.15) is 0 Å². The standard InChI is InChI=1S/C14H16N2O5S/c1-21-5-4-16(7-13(18)19)14(20)9-2-3-11-10(6-9)15-12(17)8-22-11/h2-3,6H,4-5,7-8H2,1H3,(H,15,17)(H,18,19). The molecule has 2 amide bonds. The van der Waals surface area contributed by atoms with Crippen molar-refractivity contribution in [3.8, 4) is 0 Å². The number of carbonyl (C=O) groups is 3. The Balaban J connectivity index is 2.20. The van der Waals surface area contributed by atoms with E-state index in [0.29, 0.717) is 17.0 Å². The second-order valence-corrected chi connectivity index (χ2v) is 5.68. The summed E-state index contributed by atoms with van der Waals surface area (Å²) in [5, 5.41) is 11.6. The second-order valence-electron chi connectivity index (χ2n) is 4.66. The van der Waals surface area contributed by atoms with Crippen LogP contribution in [0.2, 0.25) is 0 Å². The summed E-state index contributed by atoms with van der Waals surface area (Å²) in [6.45, 7) is 0.0246. The molecule has 7 nitrogen and oxygen atoms in total. The molecule has 0 unspecified atom stereocenters. The minimum absolute atomic E-state index is 0.121. The van der Waals surface area contributed by atoms with Gasteiger partial charge in [0.15, 0.2) is 0 Å². The fourth-order valence-electron chi connectivity index (χ4n) is 2.02. The van der Waals surface area contributed by atoms with Gasteiger partial charge < -0.3 is 20.1 Å². The summed E-state index contributed by atoms with van der Waals surface area (Å²) in [5.41, 5.74) is 0.910. The van der Waals surface area contributed by atoms with Crippen LogP contribution in [0.5, 0.6) is 0 Å². The number of carboxylic acid groups (broad SMARTS) is 1. The van der Waals surface area contributed by atoms with Crippen LogP contribution in [0, 0.1) is 0 Å². The van der Waals surface area contributed by atoms with E-state index in [1.54, 1.807) is 18.2 Å². The molecule has 0 bridgehead atoms. The van der Waals surface area contributed by atoms with Crippen molar-refractivity contribution in [1.29, 1.82) is 0 Å². The number of carboxylic acids is 1. The number of benzene rings is 1. The Labute approximate surface area is 131 Å². The average molecular weight is 324 g/mol. The lowest BCUT2D eigenvalue weighted by molar-refractivity contribution is -0.137. The molecule has 0 radical (unpaired) electrons. The molecule has 0 fully saturated rings. The molecule has 8 heteroatoms. The predicted molar refractivity (Wildman–Crippen MR) is 81.2 cm³/mol.